The maximum Gasteiger partial charge on any atom is 0.240 e. The quantitative estimate of drug-likeness (QED) is 0.827. The third-order valence-corrected chi connectivity index (χ3v) is 2.75. The van der Waals surface area contributed by atoms with Crippen molar-refractivity contribution in [3.63, 3.8) is 0 Å². The van der Waals surface area contributed by atoms with Gasteiger partial charge in [-0.3, -0.25) is 4.79 Å². The molecule has 0 spiro atoms. The van der Waals surface area contributed by atoms with E-state index in [0.29, 0.717) is 5.02 Å². The first kappa shape index (κ1) is 11.6. The number of rotatable bonds is 3. The van der Waals surface area contributed by atoms with Crippen LogP contribution in [0.3, 0.4) is 0 Å². The van der Waals surface area contributed by atoms with Crippen molar-refractivity contribution in [2.45, 2.75) is 6.54 Å². The van der Waals surface area contributed by atoms with Gasteiger partial charge in [-0.25, -0.2) is 0 Å². The van der Waals surface area contributed by atoms with Gasteiger partial charge in [-0.1, -0.05) is 29.7 Å². The van der Waals surface area contributed by atoms with Gasteiger partial charge in [-0.05, 0) is 12.1 Å². The molecule has 0 aliphatic carbocycles. The number of nitrogens with one attached hydrogen (secondary N) is 1. The third kappa shape index (κ3) is 2.43. The van der Waals surface area contributed by atoms with E-state index in [1.54, 1.807) is 6.07 Å². The van der Waals surface area contributed by atoms with Gasteiger partial charge < -0.3 is 9.88 Å². The summed E-state index contributed by atoms with van der Waals surface area (Å²) >= 11 is 6.11. The first-order chi connectivity index (χ1) is 8.22. The highest BCUT2D eigenvalue weighted by Gasteiger charge is 2.07. The molecule has 86 valence electrons. The highest BCUT2D eigenvalue weighted by atomic mass is 35.5. The van der Waals surface area contributed by atoms with Gasteiger partial charge in [-0.15, -0.1) is 6.42 Å². The Morgan fingerprint density at radius 1 is 1.47 bits per heavy atom. The molecule has 0 saturated heterocycles. The SMILES string of the molecule is C#CCNC(=O)Cn1ccc2cccc(Cl)c21. The van der Waals surface area contributed by atoms with Crippen molar-refractivity contribution in [3.8, 4) is 12.3 Å². The molecule has 0 unspecified atom stereocenters. The average molecular weight is 247 g/mol. The van der Waals surface area contributed by atoms with Gasteiger partial charge in [0.15, 0.2) is 0 Å². The number of nitrogens with zero attached hydrogens (tertiary/aromatic N) is 1. The number of benzene rings is 1. The van der Waals surface area contributed by atoms with Crippen LogP contribution >= 0.6 is 11.6 Å². The fourth-order valence-corrected chi connectivity index (χ4v) is 2.00. The number of amides is 1. The molecule has 0 aliphatic rings. The number of carbonyl (C=O) groups excluding carboxylic acids is 1. The van der Waals surface area contributed by atoms with Crippen molar-refractivity contribution in [1.82, 2.24) is 9.88 Å². The summed E-state index contributed by atoms with van der Waals surface area (Å²) in [5, 5.41) is 4.27. The van der Waals surface area contributed by atoms with E-state index in [1.165, 1.54) is 0 Å². The van der Waals surface area contributed by atoms with Gasteiger partial charge in [-0.2, -0.15) is 0 Å². The highest BCUT2D eigenvalue weighted by molar-refractivity contribution is 6.35. The number of halogens is 1. The fraction of sp³-hybridized carbons (Fsp3) is 0.154. The molecule has 0 aliphatic heterocycles. The molecule has 0 saturated carbocycles. The van der Waals surface area contributed by atoms with E-state index in [1.807, 2.05) is 29.0 Å². The molecule has 1 N–H and O–H groups in total. The molecule has 0 bridgehead atoms. The number of terminal acetylenes is 1. The second-order valence-electron chi connectivity index (χ2n) is 3.60. The second kappa shape index (κ2) is 4.94. The summed E-state index contributed by atoms with van der Waals surface area (Å²) in [6, 6.07) is 7.57. The number of para-hydroxylation sites is 1. The van der Waals surface area contributed by atoms with Crippen LogP contribution in [0.1, 0.15) is 0 Å². The van der Waals surface area contributed by atoms with Crippen LogP contribution in [-0.2, 0) is 11.3 Å². The van der Waals surface area contributed by atoms with Crippen molar-refractivity contribution in [1.29, 1.82) is 0 Å². The predicted molar refractivity (Wildman–Crippen MR) is 68.8 cm³/mol. The third-order valence-electron chi connectivity index (χ3n) is 2.44. The molecule has 1 heterocycles. The van der Waals surface area contributed by atoms with Gasteiger partial charge in [0.2, 0.25) is 5.91 Å². The normalized spacial score (nSPS) is 10.1. The van der Waals surface area contributed by atoms with Crippen molar-refractivity contribution in [2.75, 3.05) is 6.54 Å². The van der Waals surface area contributed by atoms with Crippen molar-refractivity contribution in [3.05, 3.63) is 35.5 Å². The van der Waals surface area contributed by atoms with E-state index in [0.717, 1.165) is 10.9 Å². The molecule has 2 rings (SSSR count). The highest BCUT2D eigenvalue weighted by Crippen LogP contribution is 2.24. The van der Waals surface area contributed by atoms with Crippen LogP contribution in [0.15, 0.2) is 30.5 Å². The molecule has 3 nitrogen and oxygen atoms in total. The Bertz CT molecular complexity index is 595. The Kier molecular flexibility index (Phi) is 3.36. The zero-order chi connectivity index (χ0) is 12.3. The van der Waals surface area contributed by atoms with Crippen LogP contribution in [0.5, 0.6) is 0 Å². The van der Waals surface area contributed by atoms with E-state index < -0.39 is 0 Å². The number of fused-ring (bicyclic) bond motifs is 1. The largest absolute Gasteiger partial charge is 0.344 e. The Morgan fingerprint density at radius 3 is 3.06 bits per heavy atom. The van der Waals surface area contributed by atoms with E-state index in [9.17, 15) is 4.79 Å². The van der Waals surface area contributed by atoms with Crippen molar-refractivity contribution >= 4 is 28.4 Å². The van der Waals surface area contributed by atoms with Gasteiger partial charge in [0.25, 0.3) is 0 Å². The summed E-state index contributed by atoms with van der Waals surface area (Å²) < 4.78 is 1.81. The topological polar surface area (TPSA) is 34.0 Å². The maximum absolute atomic E-state index is 11.6. The van der Waals surface area contributed by atoms with Gasteiger partial charge >= 0.3 is 0 Å². The molecule has 1 aromatic heterocycles. The Morgan fingerprint density at radius 2 is 2.29 bits per heavy atom. The fourth-order valence-electron chi connectivity index (χ4n) is 1.71. The summed E-state index contributed by atoms with van der Waals surface area (Å²) in [7, 11) is 0. The Labute approximate surface area is 104 Å². The molecule has 17 heavy (non-hydrogen) atoms. The standard InChI is InChI=1S/C13H11ClN2O/c1-2-7-15-12(17)9-16-8-6-10-4-3-5-11(14)13(10)16/h1,3-6,8H,7,9H2,(H,15,17). The van der Waals surface area contributed by atoms with E-state index in [2.05, 4.69) is 11.2 Å². The molecular weight excluding hydrogens is 236 g/mol. The van der Waals surface area contributed by atoms with Gasteiger partial charge in [0, 0.05) is 11.6 Å². The zero-order valence-corrected chi connectivity index (χ0v) is 9.87. The summed E-state index contributed by atoms with van der Waals surface area (Å²) in [5.74, 6) is 2.23. The Hall–Kier alpha value is -1.92. The number of carbonyl (C=O) groups is 1. The number of hydrogen-bond donors (Lipinski definition) is 1. The second-order valence-corrected chi connectivity index (χ2v) is 4.01. The first-order valence-electron chi connectivity index (χ1n) is 5.16. The minimum Gasteiger partial charge on any atom is -0.344 e. The summed E-state index contributed by atoms with van der Waals surface area (Å²) in [6.07, 6.45) is 6.91. The molecule has 0 radical (unpaired) electrons. The minimum absolute atomic E-state index is 0.125. The first-order valence-corrected chi connectivity index (χ1v) is 5.53. The monoisotopic (exact) mass is 246 g/mol. The zero-order valence-electron chi connectivity index (χ0n) is 9.11. The van der Waals surface area contributed by atoms with Crippen LogP contribution in [0, 0.1) is 12.3 Å². The molecular formula is C13H11ClN2O. The summed E-state index contributed by atoms with van der Waals surface area (Å²) in [5.41, 5.74) is 0.866. The summed E-state index contributed by atoms with van der Waals surface area (Å²) in [6.45, 7) is 0.459. The molecule has 4 heteroatoms. The predicted octanol–water partition coefficient (Wildman–Crippen LogP) is 2.04. The van der Waals surface area contributed by atoms with Crippen molar-refractivity contribution in [2.24, 2.45) is 0 Å². The van der Waals surface area contributed by atoms with Crippen LogP contribution in [0.2, 0.25) is 5.02 Å². The van der Waals surface area contributed by atoms with Crippen LogP contribution < -0.4 is 5.32 Å². The molecule has 2 aromatic rings. The molecule has 0 atom stereocenters. The summed E-state index contributed by atoms with van der Waals surface area (Å²) in [4.78, 5) is 11.6. The average Bonchev–Trinajstić information content (AvgIpc) is 2.71. The van der Waals surface area contributed by atoms with Crippen LogP contribution in [0.25, 0.3) is 10.9 Å². The van der Waals surface area contributed by atoms with Gasteiger partial charge in [0.1, 0.15) is 6.54 Å². The van der Waals surface area contributed by atoms with E-state index >= 15 is 0 Å². The molecule has 1 amide bonds. The van der Waals surface area contributed by atoms with Gasteiger partial charge in [0.05, 0.1) is 17.1 Å². The smallest absolute Gasteiger partial charge is 0.240 e. The maximum atomic E-state index is 11.6. The minimum atomic E-state index is -0.125. The van der Waals surface area contributed by atoms with E-state index in [4.69, 9.17) is 18.0 Å². The van der Waals surface area contributed by atoms with Crippen molar-refractivity contribution < 1.29 is 4.79 Å². The number of hydrogen-bond acceptors (Lipinski definition) is 1. The Balaban J connectivity index is 2.25. The molecule has 0 fully saturated rings. The lowest BCUT2D eigenvalue weighted by atomic mass is 10.2. The number of aromatic nitrogens is 1. The van der Waals surface area contributed by atoms with Crippen LogP contribution in [0.4, 0.5) is 0 Å². The lowest BCUT2D eigenvalue weighted by Crippen LogP contribution is -2.27. The lowest BCUT2D eigenvalue weighted by molar-refractivity contribution is -0.121. The van der Waals surface area contributed by atoms with Crippen LogP contribution in [-0.4, -0.2) is 17.0 Å². The molecule has 1 aromatic carbocycles. The lowest BCUT2D eigenvalue weighted by Gasteiger charge is -2.06. The van der Waals surface area contributed by atoms with E-state index in [-0.39, 0.29) is 19.0 Å².